The van der Waals surface area contributed by atoms with Gasteiger partial charge in [0.2, 0.25) is 5.91 Å². The molecule has 2 aliphatic heterocycles. The summed E-state index contributed by atoms with van der Waals surface area (Å²) in [6, 6.07) is 23.2. The number of hydrogen-bond acceptors (Lipinski definition) is 4. The smallest absolute Gasteiger partial charge is 0.368 e. The number of piperazine rings is 1. The maximum Gasteiger partial charge on any atom is 0.416 e. The van der Waals surface area contributed by atoms with Crippen LogP contribution in [0.4, 0.5) is 18.9 Å². The van der Waals surface area contributed by atoms with Gasteiger partial charge < -0.3 is 15.1 Å². The molecule has 0 aromatic heterocycles. The Labute approximate surface area is 232 Å². The Kier molecular flexibility index (Phi) is 8.45. The van der Waals surface area contributed by atoms with E-state index in [0.29, 0.717) is 56.4 Å². The lowest BCUT2D eigenvalue weighted by atomic mass is 10.1. The molecule has 2 saturated heterocycles. The first-order valence-corrected chi connectivity index (χ1v) is 13.6. The van der Waals surface area contributed by atoms with E-state index in [1.165, 1.54) is 12.1 Å². The SMILES string of the molecule is O=C([C@@H]1C[C@H](NCc2ccc(Cl)cc2)CN1Cc1ccccc1)N1CCN(c2cccc(C(F)(F)F)c2)CC1. The van der Waals surface area contributed by atoms with Gasteiger partial charge >= 0.3 is 6.18 Å². The van der Waals surface area contributed by atoms with Crippen molar-refractivity contribution >= 4 is 23.2 Å². The van der Waals surface area contributed by atoms with Crippen LogP contribution in [0.3, 0.4) is 0 Å². The molecule has 2 fully saturated rings. The third-order valence-corrected chi connectivity index (χ3v) is 7.81. The highest BCUT2D eigenvalue weighted by atomic mass is 35.5. The zero-order valence-electron chi connectivity index (χ0n) is 21.6. The quantitative estimate of drug-likeness (QED) is 0.421. The first-order chi connectivity index (χ1) is 18.8. The van der Waals surface area contributed by atoms with E-state index in [-0.39, 0.29) is 18.0 Å². The van der Waals surface area contributed by atoms with Gasteiger partial charge in [-0.1, -0.05) is 60.1 Å². The van der Waals surface area contributed by atoms with Crippen molar-refractivity contribution in [2.45, 2.75) is 37.8 Å². The van der Waals surface area contributed by atoms with Crippen LogP contribution in [0.15, 0.2) is 78.9 Å². The lowest BCUT2D eigenvalue weighted by Gasteiger charge is -2.38. The fourth-order valence-corrected chi connectivity index (χ4v) is 5.57. The zero-order chi connectivity index (χ0) is 27.4. The van der Waals surface area contributed by atoms with E-state index in [2.05, 4.69) is 22.3 Å². The van der Waals surface area contributed by atoms with Gasteiger partial charge in [0.05, 0.1) is 11.6 Å². The van der Waals surface area contributed by atoms with E-state index in [9.17, 15) is 18.0 Å². The summed E-state index contributed by atoms with van der Waals surface area (Å²) < 4.78 is 39.5. The average molecular weight is 557 g/mol. The van der Waals surface area contributed by atoms with Crippen molar-refractivity contribution in [1.29, 1.82) is 0 Å². The fraction of sp³-hybridized carbons (Fsp3) is 0.367. The summed E-state index contributed by atoms with van der Waals surface area (Å²) in [5.41, 5.74) is 2.17. The van der Waals surface area contributed by atoms with E-state index in [1.54, 1.807) is 6.07 Å². The predicted molar refractivity (Wildman–Crippen MR) is 148 cm³/mol. The largest absolute Gasteiger partial charge is 0.416 e. The van der Waals surface area contributed by atoms with Gasteiger partial charge in [-0.3, -0.25) is 9.69 Å². The fourth-order valence-electron chi connectivity index (χ4n) is 5.44. The summed E-state index contributed by atoms with van der Waals surface area (Å²) in [5, 5.41) is 4.31. The third-order valence-electron chi connectivity index (χ3n) is 7.56. The maximum absolute atomic E-state index is 13.8. The second-order valence-corrected chi connectivity index (χ2v) is 10.7. The highest BCUT2D eigenvalue weighted by Gasteiger charge is 2.39. The summed E-state index contributed by atoms with van der Waals surface area (Å²) in [5.74, 6) is 0.0883. The number of benzene rings is 3. The minimum Gasteiger partial charge on any atom is -0.368 e. The Bertz CT molecular complexity index is 1250. The van der Waals surface area contributed by atoms with Gasteiger partial charge in [-0.05, 0) is 47.9 Å². The van der Waals surface area contributed by atoms with Crippen LogP contribution in [0.2, 0.25) is 5.02 Å². The topological polar surface area (TPSA) is 38.8 Å². The van der Waals surface area contributed by atoms with E-state index in [1.807, 2.05) is 52.3 Å². The van der Waals surface area contributed by atoms with E-state index >= 15 is 0 Å². The molecule has 3 aromatic rings. The van der Waals surface area contributed by atoms with Crippen molar-refractivity contribution in [2.75, 3.05) is 37.6 Å². The highest BCUT2D eigenvalue weighted by Crippen LogP contribution is 2.32. The zero-order valence-corrected chi connectivity index (χ0v) is 22.3. The van der Waals surface area contributed by atoms with E-state index in [4.69, 9.17) is 11.6 Å². The molecule has 0 saturated carbocycles. The van der Waals surface area contributed by atoms with Crippen molar-refractivity contribution in [3.05, 3.63) is 101 Å². The predicted octanol–water partition coefficient (Wildman–Crippen LogP) is 5.44. The van der Waals surface area contributed by atoms with Crippen LogP contribution in [-0.2, 0) is 24.1 Å². The molecule has 2 heterocycles. The normalized spacial score (nSPS) is 20.4. The lowest BCUT2D eigenvalue weighted by Crippen LogP contribution is -2.53. The molecule has 0 spiro atoms. The Balaban J connectivity index is 1.23. The second-order valence-electron chi connectivity index (χ2n) is 10.2. The number of halogens is 4. The minimum absolute atomic E-state index is 0.0883. The van der Waals surface area contributed by atoms with Gasteiger partial charge in [0.1, 0.15) is 0 Å². The Morgan fingerprint density at radius 1 is 0.897 bits per heavy atom. The molecule has 0 aliphatic carbocycles. The van der Waals surface area contributed by atoms with Crippen molar-refractivity contribution < 1.29 is 18.0 Å². The number of likely N-dealkylation sites (tertiary alicyclic amines) is 1. The van der Waals surface area contributed by atoms with E-state index < -0.39 is 11.7 Å². The van der Waals surface area contributed by atoms with Crippen molar-refractivity contribution in [3.63, 3.8) is 0 Å². The molecule has 39 heavy (non-hydrogen) atoms. The standard InChI is InChI=1S/C30H32ClF3N4O/c31-25-11-9-22(10-12-25)19-35-26-18-28(38(21-26)20-23-5-2-1-3-6-23)29(39)37-15-13-36(14-16-37)27-8-4-7-24(17-27)30(32,33)34/h1-12,17,26,28,35H,13-16,18-21H2/t26-,28-/m0/s1. The maximum atomic E-state index is 13.8. The molecule has 1 N–H and O–H groups in total. The summed E-state index contributed by atoms with van der Waals surface area (Å²) >= 11 is 6.01. The van der Waals surface area contributed by atoms with Gasteiger partial charge in [-0.25, -0.2) is 0 Å². The number of carbonyl (C=O) groups excluding carboxylic acids is 1. The van der Waals surface area contributed by atoms with E-state index in [0.717, 1.165) is 23.7 Å². The van der Waals surface area contributed by atoms with Crippen LogP contribution >= 0.6 is 11.6 Å². The summed E-state index contributed by atoms with van der Waals surface area (Å²) in [6.45, 7) is 4.08. The average Bonchev–Trinajstić information content (AvgIpc) is 3.35. The molecule has 0 radical (unpaired) electrons. The number of alkyl halides is 3. The molecule has 0 unspecified atom stereocenters. The second kappa shape index (κ2) is 12.0. The Morgan fingerprint density at radius 2 is 1.62 bits per heavy atom. The molecular formula is C30H32ClF3N4O. The van der Waals surface area contributed by atoms with Crippen LogP contribution in [0.25, 0.3) is 0 Å². The summed E-state index contributed by atoms with van der Waals surface area (Å²) in [7, 11) is 0. The van der Waals surface area contributed by atoms with Crippen molar-refractivity contribution in [1.82, 2.24) is 15.1 Å². The molecule has 2 atom stereocenters. The Hall–Kier alpha value is -3.07. The van der Waals surface area contributed by atoms with Gasteiger partial charge in [0, 0.05) is 62.6 Å². The minimum atomic E-state index is -4.38. The van der Waals surface area contributed by atoms with Gasteiger partial charge in [-0.2, -0.15) is 13.2 Å². The molecule has 1 amide bonds. The number of anilines is 1. The first kappa shape index (κ1) is 27.5. The molecule has 206 valence electrons. The lowest BCUT2D eigenvalue weighted by molar-refractivity contribution is -0.137. The molecule has 5 rings (SSSR count). The molecule has 9 heteroatoms. The van der Waals surface area contributed by atoms with Crippen LogP contribution in [0.5, 0.6) is 0 Å². The number of nitrogens with zero attached hydrogens (tertiary/aromatic N) is 3. The molecule has 0 bridgehead atoms. The van der Waals surface area contributed by atoms with Gasteiger partial charge in [0.15, 0.2) is 0 Å². The molecular weight excluding hydrogens is 525 g/mol. The van der Waals surface area contributed by atoms with Crippen molar-refractivity contribution in [2.24, 2.45) is 0 Å². The third kappa shape index (κ3) is 6.93. The van der Waals surface area contributed by atoms with Crippen LogP contribution in [0, 0.1) is 0 Å². The molecule has 5 nitrogen and oxygen atoms in total. The monoisotopic (exact) mass is 556 g/mol. The van der Waals surface area contributed by atoms with Crippen LogP contribution in [0.1, 0.15) is 23.1 Å². The van der Waals surface area contributed by atoms with Gasteiger partial charge in [-0.15, -0.1) is 0 Å². The summed E-state index contributed by atoms with van der Waals surface area (Å²) in [6.07, 6.45) is -3.68. The van der Waals surface area contributed by atoms with Crippen LogP contribution in [-0.4, -0.2) is 60.5 Å². The molecule has 2 aliphatic rings. The number of nitrogens with one attached hydrogen (secondary N) is 1. The number of hydrogen-bond donors (Lipinski definition) is 1. The number of rotatable bonds is 7. The first-order valence-electron chi connectivity index (χ1n) is 13.2. The highest BCUT2D eigenvalue weighted by molar-refractivity contribution is 6.30. The number of carbonyl (C=O) groups is 1. The van der Waals surface area contributed by atoms with Crippen LogP contribution < -0.4 is 10.2 Å². The Morgan fingerprint density at radius 3 is 2.31 bits per heavy atom. The molecule has 3 aromatic carbocycles. The van der Waals surface area contributed by atoms with Gasteiger partial charge in [0.25, 0.3) is 0 Å². The van der Waals surface area contributed by atoms with Crippen molar-refractivity contribution in [3.8, 4) is 0 Å². The number of amides is 1. The summed E-state index contributed by atoms with van der Waals surface area (Å²) in [4.78, 5) is 19.8.